The number of carbonyl (C=O) groups excluding carboxylic acids is 2. The number of rotatable bonds is 7. The molecule has 24 heavy (non-hydrogen) atoms. The van der Waals surface area contributed by atoms with Crippen LogP contribution in [0.25, 0.3) is 0 Å². The monoisotopic (exact) mass is 332 g/mol. The molecular formula is C19H28N2O3. The SMILES string of the molecule is CN(C)CCC(=O)N1CCC(CC(=O)OCc2ccccc2)CC1. The minimum Gasteiger partial charge on any atom is -0.461 e. The average Bonchev–Trinajstić information content (AvgIpc) is 2.59. The largest absolute Gasteiger partial charge is 0.461 e. The van der Waals surface area contributed by atoms with Crippen molar-refractivity contribution in [3.8, 4) is 0 Å². The number of ether oxygens (including phenoxy) is 1. The van der Waals surface area contributed by atoms with Crippen molar-refractivity contribution in [3.05, 3.63) is 35.9 Å². The van der Waals surface area contributed by atoms with Gasteiger partial charge in [0, 0.05) is 32.5 Å². The van der Waals surface area contributed by atoms with E-state index in [0.29, 0.717) is 25.4 Å². The van der Waals surface area contributed by atoms with Crippen LogP contribution in [0, 0.1) is 5.92 Å². The molecule has 0 saturated carbocycles. The van der Waals surface area contributed by atoms with E-state index in [9.17, 15) is 9.59 Å². The summed E-state index contributed by atoms with van der Waals surface area (Å²) in [7, 11) is 3.95. The maximum atomic E-state index is 12.1. The van der Waals surface area contributed by atoms with E-state index in [1.807, 2.05) is 54.2 Å². The highest BCUT2D eigenvalue weighted by molar-refractivity contribution is 5.76. The van der Waals surface area contributed by atoms with Gasteiger partial charge in [0.1, 0.15) is 6.61 Å². The minimum absolute atomic E-state index is 0.142. The van der Waals surface area contributed by atoms with Crippen molar-refractivity contribution in [2.75, 3.05) is 33.7 Å². The van der Waals surface area contributed by atoms with Gasteiger partial charge in [-0.25, -0.2) is 0 Å². The molecule has 1 aliphatic rings. The molecule has 5 nitrogen and oxygen atoms in total. The van der Waals surface area contributed by atoms with E-state index >= 15 is 0 Å². The van der Waals surface area contributed by atoms with Gasteiger partial charge in [-0.05, 0) is 38.4 Å². The molecule has 1 heterocycles. The molecule has 0 bridgehead atoms. The highest BCUT2D eigenvalue weighted by Gasteiger charge is 2.24. The Kier molecular flexibility index (Phi) is 7.25. The lowest BCUT2D eigenvalue weighted by molar-refractivity contribution is -0.146. The third kappa shape index (κ3) is 6.32. The average molecular weight is 332 g/mol. The summed E-state index contributed by atoms with van der Waals surface area (Å²) >= 11 is 0. The number of piperidine rings is 1. The quantitative estimate of drug-likeness (QED) is 0.719. The van der Waals surface area contributed by atoms with Gasteiger partial charge in [0.25, 0.3) is 0 Å². The Labute approximate surface area is 144 Å². The number of amides is 1. The Bertz CT molecular complexity index is 523. The molecule has 0 atom stereocenters. The smallest absolute Gasteiger partial charge is 0.306 e. The predicted octanol–water partition coefficient (Wildman–Crippen LogP) is 2.31. The molecule has 0 aromatic heterocycles. The van der Waals surface area contributed by atoms with Crippen LogP contribution in [-0.2, 0) is 20.9 Å². The summed E-state index contributed by atoms with van der Waals surface area (Å²) in [6, 6.07) is 9.72. The lowest BCUT2D eigenvalue weighted by Crippen LogP contribution is -2.40. The molecule has 1 amide bonds. The molecule has 0 unspecified atom stereocenters. The highest BCUT2D eigenvalue weighted by atomic mass is 16.5. The summed E-state index contributed by atoms with van der Waals surface area (Å²) in [4.78, 5) is 28.0. The van der Waals surface area contributed by atoms with Crippen molar-refractivity contribution < 1.29 is 14.3 Å². The zero-order valence-electron chi connectivity index (χ0n) is 14.7. The van der Waals surface area contributed by atoms with Gasteiger partial charge in [0.15, 0.2) is 0 Å². The number of benzene rings is 1. The second-order valence-corrected chi connectivity index (χ2v) is 6.73. The Morgan fingerprint density at radius 2 is 1.83 bits per heavy atom. The Morgan fingerprint density at radius 1 is 1.17 bits per heavy atom. The van der Waals surface area contributed by atoms with Crippen LogP contribution in [0.1, 0.15) is 31.2 Å². The number of hydrogen-bond acceptors (Lipinski definition) is 4. The summed E-state index contributed by atoms with van der Waals surface area (Å²) in [6.07, 6.45) is 2.78. The van der Waals surface area contributed by atoms with Crippen molar-refractivity contribution in [2.24, 2.45) is 5.92 Å². The molecular weight excluding hydrogens is 304 g/mol. The molecule has 1 saturated heterocycles. The van der Waals surface area contributed by atoms with Crippen molar-refractivity contribution in [1.29, 1.82) is 0 Å². The normalized spacial score (nSPS) is 15.5. The number of esters is 1. The van der Waals surface area contributed by atoms with Gasteiger partial charge in [-0.3, -0.25) is 9.59 Å². The lowest BCUT2D eigenvalue weighted by Gasteiger charge is -2.32. The van der Waals surface area contributed by atoms with Gasteiger partial charge >= 0.3 is 5.97 Å². The molecule has 0 spiro atoms. The van der Waals surface area contributed by atoms with E-state index in [0.717, 1.165) is 38.0 Å². The summed E-state index contributed by atoms with van der Waals surface area (Å²) in [5.74, 6) is 0.399. The fourth-order valence-electron chi connectivity index (χ4n) is 2.90. The first-order chi connectivity index (χ1) is 11.5. The van der Waals surface area contributed by atoms with E-state index in [4.69, 9.17) is 4.74 Å². The van der Waals surface area contributed by atoms with E-state index < -0.39 is 0 Å². The Hall–Kier alpha value is -1.88. The maximum Gasteiger partial charge on any atom is 0.306 e. The summed E-state index contributed by atoms with van der Waals surface area (Å²) < 4.78 is 5.35. The first-order valence-corrected chi connectivity index (χ1v) is 8.66. The van der Waals surface area contributed by atoms with Gasteiger partial charge in [-0.15, -0.1) is 0 Å². The second kappa shape index (κ2) is 9.42. The molecule has 2 rings (SSSR count). The third-order valence-corrected chi connectivity index (χ3v) is 4.44. The summed E-state index contributed by atoms with van der Waals surface area (Å²) in [5.41, 5.74) is 1.01. The van der Waals surface area contributed by atoms with Crippen LogP contribution >= 0.6 is 0 Å². The van der Waals surface area contributed by atoms with Gasteiger partial charge in [-0.2, -0.15) is 0 Å². The molecule has 0 N–H and O–H groups in total. The predicted molar refractivity (Wildman–Crippen MR) is 93.3 cm³/mol. The van der Waals surface area contributed by atoms with Crippen LogP contribution in [0.15, 0.2) is 30.3 Å². The fraction of sp³-hybridized carbons (Fsp3) is 0.579. The molecule has 1 aromatic carbocycles. The lowest BCUT2D eigenvalue weighted by atomic mass is 9.93. The molecule has 5 heteroatoms. The van der Waals surface area contributed by atoms with Gasteiger partial charge in [0.05, 0.1) is 0 Å². The number of carbonyl (C=O) groups is 2. The van der Waals surface area contributed by atoms with Crippen molar-refractivity contribution in [1.82, 2.24) is 9.80 Å². The Morgan fingerprint density at radius 3 is 2.46 bits per heavy atom. The van der Waals surface area contributed by atoms with Crippen LogP contribution in [0.4, 0.5) is 0 Å². The van der Waals surface area contributed by atoms with Crippen molar-refractivity contribution in [3.63, 3.8) is 0 Å². The topological polar surface area (TPSA) is 49.9 Å². The molecule has 1 fully saturated rings. The molecule has 132 valence electrons. The zero-order valence-corrected chi connectivity index (χ0v) is 14.7. The minimum atomic E-state index is -0.142. The molecule has 0 aliphatic carbocycles. The first kappa shape index (κ1) is 18.5. The van der Waals surface area contributed by atoms with E-state index in [2.05, 4.69) is 0 Å². The first-order valence-electron chi connectivity index (χ1n) is 8.66. The highest BCUT2D eigenvalue weighted by Crippen LogP contribution is 2.21. The van der Waals surface area contributed by atoms with Crippen molar-refractivity contribution in [2.45, 2.75) is 32.3 Å². The third-order valence-electron chi connectivity index (χ3n) is 4.44. The molecule has 1 aliphatic heterocycles. The van der Waals surface area contributed by atoms with Gasteiger partial charge in [-0.1, -0.05) is 30.3 Å². The zero-order chi connectivity index (χ0) is 17.4. The summed E-state index contributed by atoms with van der Waals surface area (Å²) in [5, 5.41) is 0. The number of likely N-dealkylation sites (tertiary alicyclic amines) is 1. The number of nitrogens with zero attached hydrogens (tertiary/aromatic N) is 2. The van der Waals surface area contributed by atoms with E-state index in [1.54, 1.807) is 0 Å². The fourth-order valence-corrected chi connectivity index (χ4v) is 2.90. The van der Waals surface area contributed by atoms with E-state index in [1.165, 1.54) is 0 Å². The van der Waals surface area contributed by atoms with Gasteiger partial charge < -0.3 is 14.5 Å². The standard InChI is InChI=1S/C19H28N2O3/c1-20(2)11-10-18(22)21-12-8-16(9-13-21)14-19(23)24-15-17-6-4-3-5-7-17/h3-7,16H,8-15H2,1-2H3. The molecule has 1 aromatic rings. The van der Waals surface area contributed by atoms with Crippen molar-refractivity contribution >= 4 is 11.9 Å². The van der Waals surface area contributed by atoms with Crippen LogP contribution in [-0.4, -0.2) is 55.4 Å². The maximum absolute atomic E-state index is 12.1. The second-order valence-electron chi connectivity index (χ2n) is 6.73. The Balaban J connectivity index is 1.65. The van der Waals surface area contributed by atoms with Gasteiger partial charge in [0.2, 0.25) is 5.91 Å². The van der Waals surface area contributed by atoms with Crippen LogP contribution in [0.3, 0.4) is 0 Å². The van der Waals surface area contributed by atoms with Crippen LogP contribution in [0.2, 0.25) is 0 Å². The molecule has 0 radical (unpaired) electrons. The van der Waals surface area contributed by atoms with Crippen LogP contribution in [0.5, 0.6) is 0 Å². The van der Waals surface area contributed by atoms with E-state index in [-0.39, 0.29) is 11.9 Å². The summed E-state index contributed by atoms with van der Waals surface area (Å²) in [6.45, 7) is 2.62. The number of hydrogen-bond donors (Lipinski definition) is 0. The van der Waals surface area contributed by atoms with Crippen LogP contribution < -0.4 is 0 Å².